The number of unbranched alkanes of at least 4 members (excludes halogenated alkanes) is 2. The van der Waals surface area contributed by atoms with E-state index in [9.17, 15) is 14.4 Å². The highest BCUT2D eigenvalue weighted by atomic mass is 16.5. The van der Waals surface area contributed by atoms with Crippen molar-refractivity contribution in [2.24, 2.45) is 5.92 Å². The molecule has 1 aliphatic heterocycles. The Hall–Kier alpha value is -2.41. The number of likely N-dealkylation sites (tertiary alicyclic amines) is 1. The molecule has 1 aliphatic rings. The third-order valence-electron chi connectivity index (χ3n) is 5.82. The molecular formula is C23H35N3O4. The number of hydrogen-bond donors (Lipinski definition) is 3. The van der Waals surface area contributed by atoms with E-state index < -0.39 is 17.9 Å². The fourth-order valence-electron chi connectivity index (χ4n) is 4.04. The smallest absolute Gasteiger partial charge is 0.245 e. The van der Waals surface area contributed by atoms with E-state index in [-0.39, 0.29) is 24.3 Å². The summed E-state index contributed by atoms with van der Waals surface area (Å²) in [4.78, 5) is 39.8. The summed E-state index contributed by atoms with van der Waals surface area (Å²) >= 11 is 0. The normalized spacial score (nSPS) is 18.0. The number of benzene rings is 1. The van der Waals surface area contributed by atoms with E-state index in [2.05, 4.69) is 12.2 Å². The summed E-state index contributed by atoms with van der Waals surface area (Å²) in [5, 5.41) is 11.8. The zero-order valence-corrected chi connectivity index (χ0v) is 18.1. The van der Waals surface area contributed by atoms with Crippen LogP contribution in [0.5, 0.6) is 0 Å². The van der Waals surface area contributed by atoms with Gasteiger partial charge in [0.2, 0.25) is 17.7 Å². The van der Waals surface area contributed by atoms with Gasteiger partial charge in [-0.3, -0.25) is 19.6 Å². The Morgan fingerprint density at radius 1 is 1.20 bits per heavy atom. The maximum atomic E-state index is 13.2. The van der Waals surface area contributed by atoms with Crippen LogP contribution in [-0.4, -0.2) is 46.5 Å². The molecule has 0 spiro atoms. The Labute approximate surface area is 179 Å². The third kappa shape index (κ3) is 7.13. The number of nitrogens with zero attached hydrogens (tertiary/aromatic N) is 1. The van der Waals surface area contributed by atoms with Crippen LogP contribution in [-0.2, 0) is 20.8 Å². The fraction of sp³-hybridized carbons (Fsp3) is 0.609. The van der Waals surface area contributed by atoms with E-state index >= 15 is 0 Å². The highest BCUT2D eigenvalue weighted by Crippen LogP contribution is 2.20. The summed E-state index contributed by atoms with van der Waals surface area (Å²) in [6.07, 6.45) is 5.56. The molecule has 0 aromatic heterocycles. The monoisotopic (exact) mass is 417 g/mol. The van der Waals surface area contributed by atoms with Crippen LogP contribution in [0, 0.1) is 5.92 Å². The second-order valence-corrected chi connectivity index (χ2v) is 8.21. The van der Waals surface area contributed by atoms with Crippen molar-refractivity contribution >= 4 is 17.7 Å². The molecule has 1 fully saturated rings. The average molecular weight is 418 g/mol. The van der Waals surface area contributed by atoms with Crippen molar-refractivity contribution in [3.8, 4) is 0 Å². The van der Waals surface area contributed by atoms with Gasteiger partial charge < -0.3 is 10.2 Å². The van der Waals surface area contributed by atoms with Gasteiger partial charge >= 0.3 is 0 Å². The minimum Gasteiger partial charge on any atom is -0.344 e. The Bertz CT molecular complexity index is 695. The van der Waals surface area contributed by atoms with Gasteiger partial charge in [-0.15, -0.1) is 0 Å². The molecule has 0 aliphatic carbocycles. The van der Waals surface area contributed by atoms with E-state index in [1.165, 1.54) is 0 Å². The average Bonchev–Trinajstić information content (AvgIpc) is 3.18. The zero-order chi connectivity index (χ0) is 21.9. The van der Waals surface area contributed by atoms with Crippen LogP contribution in [0.3, 0.4) is 0 Å². The first-order valence-corrected chi connectivity index (χ1v) is 11.0. The first-order valence-electron chi connectivity index (χ1n) is 11.0. The maximum absolute atomic E-state index is 13.2. The van der Waals surface area contributed by atoms with Gasteiger partial charge in [-0.2, -0.15) is 0 Å². The predicted octanol–water partition coefficient (Wildman–Crippen LogP) is 2.82. The van der Waals surface area contributed by atoms with Gasteiger partial charge in [0.05, 0.1) is 0 Å². The van der Waals surface area contributed by atoms with Crippen molar-refractivity contribution in [1.29, 1.82) is 0 Å². The van der Waals surface area contributed by atoms with Gasteiger partial charge in [0, 0.05) is 31.3 Å². The molecule has 3 atom stereocenters. The zero-order valence-electron chi connectivity index (χ0n) is 18.1. The number of amides is 3. The lowest BCUT2D eigenvalue weighted by molar-refractivity contribution is -0.139. The lowest BCUT2D eigenvalue weighted by atomic mass is 9.95. The van der Waals surface area contributed by atoms with E-state index in [0.29, 0.717) is 19.4 Å². The van der Waals surface area contributed by atoms with Crippen molar-refractivity contribution in [3.63, 3.8) is 0 Å². The molecule has 0 bridgehead atoms. The van der Waals surface area contributed by atoms with E-state index in [0.717, 1.165) is 37.7 Å². The van der Waals surface area contributed by atoms with Crippen molar-refractivity contribution in [2.45, 2.75) is 77.3 Å². The standard InChI is InChI=1S/C23H35N3O4/c1-3-4-6-13-19(16-21(27)25-30)22(28)24-20(15-18-11-7-5-8-12-18)23(29)26-14-9-10-17(26)2/h5,7-8,11-12,17,19-20,30H,3-4,6,9-10,13-16H2,1-2H3,(H,24,28)(H,25,27)/t17-,19-,20+/m1/s1. The van der Waals surface area contributed by atoms with Crippen LogP contribution in [0.25, 0.3) is 0 Å². The van der Waals surface area contributed by atoms with Crippen LogP contribution < -0.4 is 10.8 Å². The van der Waals surface area contributed by atoms with Crippen LogP contribution >= 0.6 is 0 Å². The summed E-state index contributed by atoms with van der Waals surface area (Å²) in [6.45, 7) is 4.81. The van der Waals surface area contributed by atoms with Gasteiger partial charge in [0.25, 0.3) is 0 Å². The van der Waals surface area contributed by atoms with Crippen molar-refractivity contribution in [3.05, 3.63) is 35.9 Å². The number of carbonyl (C=O) groups is 3. The summed E-state index contributed by atoms with van der Waals surface area (Å²) in [7, 11) is 0. The second kappa shape index (κ2) is 12.3. The molecule has 7 heteroatoms. The largest absolute Gasteiger partial charge is 0.344 e. The molecule has 166 valence electrons. The van der Waals surface area contributed by atoms with Gasteiger partial charge in [-0.05, 0) is 31.7 Å². The number of nitrogens with one attached hydrogen (secondary N) is 2. The van der Waals surface area contributed by atoms with Crippen LogP contribution in [0.2, 0.25) is 0 Å². The van der Waals surface area contributed by atoms with Crippen LogP contribution in [0.1, 0.15) is 64.4 Å². The van der Waals surface area contributed by atoms with Crippen LogP contribution in [0.15, 0.2) is 30.3 Å². The molecule has 3 amide bonds. The van der Waals surface area contributed by atoms with Crippen molar-refractivity contribution in [1.82, 2.24) is 15.7 Å². The third-order valence-corrected chi connectivity index (χ3v) is 5.82. The molecule has 7 nitrogen and oxygen atoms in total. The minimum atomic E-state index is -0.675. The van der Waals surface area contributed by atoms with Crippen molar-refractivity contribution in [2.75, 3.05) is 6.54 Å². The van der Waals surface area contributed by atoms with Gasteiger partial charge in [-0.25, -0.2) is 5.48 Å². The van der Waals surface area contributed by atoms with Gasteiger partial charge in [0.1, 0.15) is 6.04 Å². The molecule has 1 saturated heterocycles. The second-order valence-electron chi connectivity index (χ2n) is 8.21. The Kier molecular flexibility index (Phi) is 9.80. The number of carbonyl (C=O) groups excluding carboxylic acids is 3. The first-order chi connectivity index (χ1) is 14.5. The molecule has 0 unspecified atom stereocenters. The molecular weight excluding hydrogens is 382 g/mol. The SMILES string of the molecule is CCCCC[C@H](CC(=O)NO)C(=O)N[C@@H](Cc1ccccc1)C(=O)N1CCC[C@H]1C. The highest BCUT2D eigenvalue weighted by Gasteiger charge is 2.33. The van der Waals surface area contributed by atoms with Gasteiger partial charge in [-0.1, -0.05) is 56.5 Å². The van der Waals surface area contributed by atoms with Crippen molar-refractivity contribution < 1.29 is 19.6 Å². The topological polar surface area (TPSA) is 98.7 Å². The summed E-state index contributed by atoms with van der Waals surface area (Å²) in [6, 6.07) is 9.11. The molecule has 1 heterocycles. The van der Waals surface area contributed by atoms with E-state index in [1.807, 2.05) is 42.2 Å². The summed E-state index contributed by atoms with van der Waals surface area (Å²) in [5.41, 5.74) is 2.58. The van der Waals surface area contributed by atoms with E-state index in [4.69, 9.17) is 5.21 Å². The Morgan fingerprint density at radius 2 is 1.93 bits per heavy atom. The number of rotatable bonds is 11. The highest BCUT2D eigenvalue weighted by molar-refractivity contribution is 5.91. The lowest BCUT2D eigenvalue weighted by Gasteiger charge is -2.29. The number of hydrogen-bond acceptors (Lipinski definition) is 4. The molecule has 30 heavy (non-hydrogen) atoms. The summed E-state index contributed by atoms with van der Waals surface area (Å²) in [5.74, 6) is -1.55. The predicted molar refractivity (Wildman–Crippen MR) is 115 cm³/mol. The van der Waals surface area contributed by atoms with E-state index in [1.54, 1.807) is 5.48 Å². The minimum absolute atomic E-state index is 0.0730. The molecule has 0 saturated carbocycles. The Morgan fingerprint density at radius 3 is 2.53 bits per heavy atom. The van der Waals surface area contributed by atoms with Crippen LogP contribution in [0.4, 0.5) is 0 Å². The lowest BCUT2D eigenvalue weighted by Crippen LogP contribution is -2.52. The molecule has 2 rings (SSSR count). The maximum Gasteiger partial charge on any atom is 0.245 e. The summed E-state index contributed by atoms with van der Waals surface area (Å²) < 4.78 is 0. The fourth-order valence-corrected chi connectivity index (χ4v) is 4.04. The number of hydroxylamine groups is 1. The molecule has 3 N–H and O–H groups in total. The first kappa shape index (κ1) is 23.9. The quantitative estimate of drug-likeness (QED) is 0.293. The molecule has 1 aromatic rings. The molecule has 1 aromatic carbocycles. The Balaban J connectivity index is 2.15. The van der Waals surface area contributed by atoms with Gasteiger partial charge in [0.15, 0.2) is 0 Å². The molecule has 0 radical (unpaired) electrons.